The SMILES string of the molecule is CCNC(=NCCC(C)N(C)Cc1ccccc1)N(C)CC1CCOC1. The largest absolute Gasteiger partial charge is 0.381 e. The van der Waals surface area contributed by atoms with Crippen molar-refractivity contribution in [3.05, 3.63) is 35.9 Å². The number of hydrogen-bond acceptors (Lipinski definition) is 3. The maximum atomic E-state index is 5.49. The molecule has 0 aromatic heterocycles. The zero-order valence-corrected chi connectivity index (χ0v) is 16.9. The molecule has 0 amide bonds. The van der Waals surface area contributed by atoms with Crippen molar-refractivity contribution in [3.8, 4) is 0 Å². The van der Waals surface area contributed by atoms with Crippen molar-refractivity contribution in [2.45, 2.75) is 39.3 Å². The van der Waals surface area contributed by atoms with Gasteiger partial charge in [0.1, 0.15) is 0 Å². The maximum Gasteiger partial charge on any atom is 0.193 e. The minimum Gasteiger partial charge on any atom is -0.381 e. The fourth-order valence-corrected chi connectivity index (χ4v) is 3.28. The lowest BCUT2D eigenvalue weighted by Crippen LogP contribution is -2.41. The molecule has 1 fully saturated rings. The molecule has 0 bridgehead atoms. The lowest BCUT2D eigenvalue weighted by molar-refractivity contribution is 0.181. The van der Waals surface area contributed by atoms with Crippen molar-refractivity contribution in [3.63, 3.8) is 0 Å². The summed E-state index contributed by atoms with van der Waals surface area (Å²) in [4.78, 5) is 9.50. The second-order valence-corrected chi connectivity index (χ2v) is 7.38. The third-order valence-corrected chi connectivity index (χ3v) is 5.09. The molecule has 1 aromatic rings. The van der Waals surface area contributed by atoms with E-state index in [2.05, 4.69) is 73.4 Å². The normalized spacial score (nSPS) is 19.0. The Labute approximate surface area is 159 Å². The minimum atomic E-state index is 0.496. The van der Waals surface area contributed by atoms with Crippen LogP contribution in [-0.4, -0.2) is 68.7 Å². The third kappa shape index (κ3) is 6.96. The van der Waals surface area contributed by atoms with Gasteiger partial charge in [-0.3, -0.25) is 9.89 Å². The van der Waals surface area contributed by atoms with Gasteiger partial charge in [0.15, 0.2) is 5.96 Å². The van der Waals surface area contributed by atoms with Crippen LogP contribution in [0.3, 0.4) is 0 Å². The highest BCUT2D eigenvalue weighted by atomic mass is 16.5. The van der Waals surface area contributed by atoms with Crippen LogP contribution in [0.15, 0.2) is 35.3 Å². The van der Waals surface area contributed by atoms with E-state index in [0.29, 0.717) is 12.0 Å². The van der Waals surface area contributed by atoms with Crippen molar-refractivity contribution >= 4 is 5.96 Å². The van der Waals surface area contributed by atoms with E-state index in [1.54, 1.807) is 0 Å². The summed E-state index contributed by atoms with van der Waals surface area (Å²) in [7, 11) is 4.32. The molecular weight excluding hydrogens is 324 g/mol. The summed E-state index contributed by atoms with van der Waals surface area (Å²) in [5, 5.41) is 3.42. The molecule has 146 valence electrons. The summed E-state index contributed by atoms with van der Waals surface area (Å²) >= 11 is 0. The van der Waals surface area contributed by atoms with E-state index in [1.807, 2.05) is 0 Å². The minimum absolute atomic E-state index is 0.496. The van der Waals surface area contributed by atoms with E-state index < -0.39 is 0 Å². The Morgan fingerprint density at radius 2 is 2.08 bits per heavy atom. The van der Waals surface area contributed by atoms with Crippen molar-refractivity contribution in [1.82, 2.24) is 15.1 Å². The molecule has 1 heterocycles. The second-order valence-electron chi connectivity index (χ2n) is 7.38. The van der Waals surface area contributed by atoms with Crippen LogP contribution in [0.25, 0.3) is 0 Å². The number of ether oxygens (including phenoxy) is 1. The topological polar surface area (TPSA) is 40.1 Å². The summed E-state index contributed by atoms with van der Waals surface area (Å²) in [6, 6.07) is 11.1. The fourth-order valence-electron chi connectivity index (χ4n) is 3.28. The molecule has 1 saturated heterocycles. The molecule has 0 spiro atoms. The van der Waals surface area contributed by atoms with Gasteiger partial charge in [0.2, 0.25) is 0 Å². The first kappa shape index (κ1) is 20.7. The summed E-state index contributed by atoms with van der Waals surface area (Å²) in [5.74, 6) is 1.64. The van der Waals surface area contributed by atoms with Crippen molar-refractivity contribution in [2.75, 3.05) is 46.9 Å². The number of benzene rings is 1. The zero-order valence-electron chi connectivity index (χ0n) is 16.9. The van der Waals surface area contributed by atoms with E-state index >= 15 is 0 Å². The Balaban J connectivity index is 1.79. The number of hydrogen-bond donors (Lipinski definition) is 1. The average molecular weight is 361 g/mol. The Kier molecular flexibility index (Phi) is 8.92. The number of nitrogens with one attached hydrogen (secondary N) is 1. The van der Waals surface area contributed by atoms with Crippen LogP contribution >= 0.6 is 0 Å². The summed E-state index contributed by atoms with van der Waals surface area (Å²) < 4.78 is 5.49. The summed E-state index contributed by atoms with van der Waals surface area (Å²) in [6.45, 7) is 9.91. The Morgan fingerprint density at radius 3 is 2.73 bits per heavy atom. The van der Waals surface area contributed by atoms with E-state index in [9.17, 15) is 0 Å². The first-order chi connectivity index (χ1) is 12.6. The van der Waals surface area contributed by atoms with E-state index in [-0.39, 0.29) is 0 Å². The smallest absolute Gasteiger partial charge is 0.193 e. The van der Waals surface area contributed by atoms with Gasteiger partial charge in [0.05, 0.1) is 6.61 Å². The number of nitrogens with zero attached hydrogens (tertiary/aromatic N) is 3. The highest BCUT2D eigenvalue weighted by molar-refractivity contribution is 5.79. The van der Waals surface area contributed by atoms with Crippen molar-refractivity contribution in [2.24, 2.45) is 10.9 Å². The van der Waals surface area contributed by atoms with Crippen molar-refractivity contribution in [1.29, 1.82) is 0 Å². The molecule has 1 aliphatic heterocycles. The Bertz CT molecular complexity index is 528. The molecular formula is C21H36N4O. The molecule has 1 aliphatic rings. The van der Waals surface area contributed by atoms with E-state index in [0.717, 1.165) is 58.2 Å². The van der Waals surface area contributed by atoms with Crippen LogP contribution in [0.4, 0.5) is 0 Å². The molecule has 2 unspecified atom stereocenters. The lowest BCUT2D eigenvalue weighted by atomic mass is 10.1. The van der Waals surface area contributed by atoms with Crippen LogP contribution in [0.5, 0.6) is 0 Å². The molecule has 0 radical (unpaired) electrons. The Morgan fingerprint density at radius 1 is 1.31 bits per heavy atom. The summed E-state index contributed by atoms with van der Waals surface area (Å²) in [6.07, 6.45) is 2.21. The zero-order chi connectivity index (χ0) is 18.8. The van der Waals surface area contributed by atoms with Gasteiger partial charge in [-0.25, -0.2) is 0 Å². The molecule has 2 rings (SSSR count). The van der Waals surface area contributed by atoms with E-state index in [4.69, 9.17) is 9.73 Å². The van der Waals surface area contributed by atoms with Crippen LogP contribution in [-0.2, 0) is 11.3 Å². The van der Waals surface area contributed by atoms with Crippen LogP contribution in [0.1, 0.15) is 32.3 Å². The standard InChI is InChI=1S/C21H36N4O/c1-5-22-21(25(4)16-20-12-14-26-17-20)23-13-11-18(2)24(3)15-19-9-7-6-8-10-19/h6-10,18,20H,5,11-17H2,1-4H3,(H,22,23). The number of guanidine groups is 1. The van der Waals surface area contributed by atoms with Gasteiger partial charge in [0.25, 0.3) is 0 Å². The molecule has 1 N–H and O–H groups in total. The van der Waals surface area contributed by atoms with Crippen molar-refractivity contribution < 1.29 is 4.74 Å². The van der Waals surface area contributed by atoms with Gasteiger partial charge >= 0.3 is 0 Å². The first-order valence-corrected chi connectivity index (χ1v) is 9.91. The molecule has 0 aliphatic carbocycles. The van der Waals surface area contributed by atoms with Gasteiger partial charge in [-0.2, -0.15) is 0 Å². The second kappa shape index (κ2) is 11.2. The average Bonchev–Trinajstić information content (AvgIpc) is 3.14. The molecule has 0 saturated carbocycles. The van der Waals surface area contributed by atoms with E-state index in [1.165, 1.54) is 5.56 Å². The predicted octanol–water partition coefficient (Wildman–Crippen LogP) is 2.83. The van der Waals surface area contributed by atoms with Crippen LogP contribution in [0.2, 0.25) is 0 Å². The highest BCUT2D eigenvalue weighted by Crippen LogP contribution is 2.13. The maximum absolute atomic E-state index is 5.49. The van der Waals surface area contributed by atoms with Gasteiger partial charge in [-0.1, -0.05) is 30.3 Å². The molecule has 26 heavy (non-hydrogen) atoms. The summed E-state index contributed by atoms with van der Waals surface area (Å²) in [5.41, 5.74) is 1.36. The van der Waals surface area contributed by atoms with Gasteiger partial charge in [-0.15, -0.1) is 0 Å². The number of aliphatic imine (C=N–C) groups is 1. The highest BCUT2D eigenvalue weighted by Gasteiger charge is 2.19. The first-order valence-electron chi connectivity index (χ1n) is 9.91. The Hall–Kier alpha value is -1.59. The van der Waals surface area contributed by atoms with Crippen LogP contribution in [0, 0.1) is 5.92 Å². The molecule has 5 heteroatoms. The molecule has 2 atom stereocenters. The monoisotopic (exact) mass is 360 g/mol. The van der Waals surface area contributed by atoms with Gasteiger partial charge in [-0.05, 0) is 39.3 Å². The van der Waals surface area contributed by atoms with Crippen LogP contribution < -0.4 is 5.32 Å². The fraction of sp³-hybridized carbons (Fsp3) is 0.667. The van der Waals surface area contributed by atoms with Gasteiger partial charge in [0, 0.05) is 51.8 Å². The predicted molar refractivity (Wildman–Crippen MR) is 110 cm³/mol. The number of rotatable bonds is 9. The molecule has 5 nitrogen and oxygen atoms in total. The quantitative estimate of drug-likeness (QED) is 0.543. The van der Waals surface area contributed by atoms with Gasteiger partial charge < -0.3 is 15.0 Å². The lowest BCUT2D eigenvalue weighted by Gasteiger charge is -2.26. The third-order valence-electron chi connectivity index (χ3n) is 5.09. The molecule has 1 aromatic carbocycles.